The highest BCUT2D eigenvalue weighted by Gasteiger charge is 2.39. The molecule has 0 aromatic carbocycles. The topological polar surface area (TPSA) is 77.8 Å². The quantitative estimate of drug-likeness (QED) is 0.0530. The summed E-state index contributed by atoms with van der Waals surface area (Å²) >= 11 is 0. The van der Waals surface area contributed by atoms with Gasteiger partial charge in [0.25, 0.3) is 0 Å². The first-order valence-corrected chi connectivity index (χ1v) is 43.4. The number of hydrogen-bond donors (Lipinski definition) is 3. The molecule has 0 aromatic heterocycles. The van der Waals surface area contributed by atoms with E-state index in [2.05, 4.69) is 27.7 Å². The minimum absolute atomic E-state index is 0.0809. The van der Waals surface area contributed by atoms with Crippen LogP contribution in [-0.2, 0) is 4.79 Å². The Morgan fingerprint density at radius 3 is 0.747 bits per heavy atom. The molecule has 0 heterocycles. The summed E-state index contributed by atoms with van der Waals surface area (Å²) < 4.78 is 0. The van der Waals surface area contributed by atoms with E-state index in [-0.39, 0.29) is 6.10 Å². The van der Waals surface area contributed by atoms with Crippen molar-refractivity contribution in [2.24, 2.45) is 29.6 Å². The molecule has 0 radical (unpaired) electrons. The maximum absolute atomic E-state index is 12.0. The van der Waals surface area contributed by atoms with Gasteiger partial charge < -0.3 is 15.3 Å². The Hall–Kier alpha value is -0.610. The Bertz CT molecular complexity index is 1380. The van der Waals surface area contributed by atoms with Gasteiger partial charge in [-0.2, -0.15) is 0 Å². The lowest BCUT2D eigenvalue weighted by Crippen LogP contribution is -2.28. The van der Waals surface area contributed by atoms with Crippen molar-refractivity contribution in [1.82, 2.24) is 0 Å². The summed E-state index contributed by atoms with van der Waals surface area (Å²) in [6, 6.07) is 0. The van der Waals surface area contributed by atoms with Crippen LogP contribution in [0.3, 0.4) is 0 Å². The predicted octanol–water partition coefficient (Wildman–Crippen LogP) is 30.2. The molecule has 1 rings (SSSR count). The SMILES string of the molecule is CCCCCCCCCCCCCCCCCCCCCCCC[C@@H](C(=O)O)[C@@H](O)CCCCCCCCCCCCCCCC[C@H]1C[C@@H]1[C@@H](C)CCCCCCCCCCCCCCCCCC[C@H](O)[C@H](C)CCCCCCCCCCCCCCCCCC. The molecule has 1 aliphatic carbocycles. The van der Waals surface area contributed by atoms with Gasteiger partial charge in [0.15, 0.2) is 0 Å². The van der Waals surface area contributed by atoms with E-state index in [9.17, 15) is 20.1 Å². The van der Waals surface area contributed by atoms with E-state index in [1.54, 1.807) is 0 Å². The molecular weight excluding hydrogens is 1110 g/mol. The molecule has 91 heavy (non-hydrogen) atoms. The van der Waals surface area contributed by atoms with Gasteiger partial charge in [-0.15, -0.1) is 0 Å². The van der Waals surface area contributed by atoms with E-state index >= 15 is 0 Å². The van der Waals surface area contributed by atoms with Gasteiger partial charge in [-0.05, 0) is 55.8 Å². The Morgan fingerprint density at radius 1 is 0.275 bits per heavy atom. The Kier molecular flexibility index (Phi) is 70.1. The van der Waals surface area contributed by atoms with Crippen molar-refractivity contribution >= 4 is 5.97 Å². The summed E-state index contributed by atoms with van der Waals surface area (Å²) in [5.74, 6) is 2.16. The molecule has 544 valence electrons. The van der Waals surface area contributed by atoms with Crippen molar-refractivity contribution < 1.29 is 20.1 Å². The summed E-state index contributed by atoms with van der Waals surface area (Å²) in [6.07, 6.45) is 102. The van der Waals surface area contributed by atoms with Crippen LogP contribution >= 0.6 is 0 Å². The van der Waals surface area contributed by atoms with Gasteiger partial charge in [0.05, 0.1) is 18.1 Å². The first-order valence-electron chi connectivity index (χ1n) is 43.4. The molecule has 4 nitrogen and oxygen atoms in total. The molecule has 0 aliphatic heterocycles. The lowest BCUT2D eigenvalue weighted by molar-refractivity contribution is -0.146. The van der Waals surface area contributed by atoms with Crippen LogP contribution in [0.5, 0.6) is 0 Å². The van der Waals surface area contributed by atoms with Crippen molar-refractivity contribution in [1.29, 1.82) is 0 Å². The molecule has 0 aromatic rings. The molecule has 0 saturated heterocycles. The van der Waals surface area contributed by atoms with Crippen LogP contribution in [-0.4, -0.2) is 33.5 Å². The molecule has 0 bridgehead atoms. The zero-order valence-corrected chi connectivity index (χ0v) is 63.3. The zero-order valence-electron chi connectivity index (χ0n) is 63.3. The summed E-state index contributed by atoms with van der Waals surface area (Å²) in [6.45, 7) is 9.46. The normalized spacial score (nSPS) is 15.8. The largest absolute Gasteiger partial charge is 0.481 e. The van der Waals surface area contributed by atoms with Crippen molar-refractivity contribution in [2.75, 3.05) is 0 Å². The molecule has 0 unspecified atom stereocenters. The number of rotatable bonds is 80. The predicted molar refractivity (Wildman–Crippen MR) is 406 cm³/mol. The molecule has 4 heteroatoms. The van der Waals surface area contributed by atoms with Crippen LogP contribution in [0, 0.1) is 29.6 Å². The van der Waals surface area contributed by atoms with Crippen LogP contribution < -0.4 is 0 Å². The number of unbranched alkanes of at least 4 members (excludes halogenated alkanes) is 64. The van der Waals surface area contributed by atoms with Crippen LogP contribution in [0.25, 0.3) is 0 Å². The van der Waals surface area contributed by atoms with Gasteiger partial charge in [-0.25, -0.2) is 0 Å². The Morgan fingerprint density at radius 2 is 0.484 bits per heavy atom. The Labute approximate surface area is 574 Å². The van der Waals surface area contributed by atoms with Crippen LogP contribution in [0.1, 0.15) is 509 Å². The fraction of sp³-hybridized carbons (Fsp3) is 0.989. The highest BCUT2D eigenvalue weighted by molar-refractivity contribution is 5.70. The average Bonchev–Trinajstić information content (AvgIpc) is 2.01. The van der Waals surface area contributed by atoms with Gasteiger partial charge in [-0.3, -0.25) is 4.79 Å². The maximum Gasteiger partial charge on any atom is 0.309 e. The molecular formula is C87H172O4. The average molecular weight is 1280 g/mol. The van der Waals surface area contributed by atoms with E-state index < -0.39 is 18.0 Å². The zero-order chi connectivity index (χ0) is 65.7. The third-order valence-electron chi connectivity index (χ3n) is 22.8. The number of carboxylic acid groups (broad SMARTS) is 1. The van der Waals surface area contributed by atoms with Crippen molar-refractivity contribution in [3.05, 3.63) is 0 Å². The van der Waals surface area contributed by atoms with Crippen molar-refractivity contribution in [3.8, 4) is 0 Å². The van der Waals surface area contributed by atoms with E-state index in [1.165, 1.54) is 437 Å². The lowest BCUT2D eigenvalue weighted by atomic mass is 9.91. The molecule has 7 atom stereocenters. The first-order chi connectivity index (χ1) is 44.8. The molecule has 1 saturated carbocycles. The highest BCUT2D eigenvalue weighted by atomic mass is 16.4. The second-order valence-corrected chi connectivity index (χ2v) is 31.8. The van der Waals surface area contributed by atoms with Crippen LogP contribution in [0.2, 0.25) is 0 Å². The van der Waals surface area contributed by atoms with Gasteiger partial charge >= 0.3 is 5.97 Å². The number of aliphatic hydroxyl groups excluding tert-OH is 2. The fourth-order valence-electron chi connectivity index (χ4n) is 15.8. The van der Waals surface area contributed by atoms with Gasteiger partial charge in [0, 0.05) is 0 Å². The van der Waals surface area contributed by atoms with E-state index in [0.29, 0.717) is 18.8 Å². The number of aliphatic hydroxyl groups is 2. The van der Waals surface area contributed by atoms with Crippen LogP contribution in [0.15, 0.2) is 0 Å². The van der Waals surface area contributed by atoms with Crippen molar-refractivity contribution in [3.63, 3.8) is 0 Å². The second-order valence-electron chi connectivity index (χ2n) is 31.8. The van der Waals surface area contributed by atoms with Gasteiger partial charge in [-0.1, -0.05) is 477 Å². The number of hydrogen-bond acceptors (Lipinski definition) is 3. The fourth-order valence-corrected chi connectivity index (χ4v) is 15.8. The summed E-state index contributed by atoms with van der Waals surface area (Å²) in [4.78, 5) is 12.0. The number of carboxylic acids is 1. The number of aliphatic carboxylic acids is 1. The lowest BCUT2D eigenvalue weighted by Gasteiger charge is -2.19. The summed E-state index contributed by atoms with van der Waals surface area (Å²) in [5.41, 5.74) is 0. The standard InChI is InChI=1S/C87H172O4/c1-5-7-9-11-13-15-17-19-21-23-24-25-26-27-28-33-40-46-52-58-64-70-76-83(87(90)91)86(89)78-72-66-60-54-48-42-36-35-39-45-51-57-63-69-75-82-79-84(82)80(3)73-67-61-55-49-43-37-32-29-30-34-41-47-53-59-65-71-77-85(88)81(4)74-68-62-56-50-44-38-31-22-20-18-16-14-12-10-8-6-2/h80-86,88-89H,5-79H2,1-4H3,(H,90,91)/t80-,81+,82-,83+,84+,85-,86-/m0/s1. The van der Waals surface area contributed by atoms with Gasteiger partial charge in [0.2, 0.25) is 0 Å². The molecule has 3 N–H and O–H groups in total. The third-order valence-corrected chi connectivity index (χ3v) is 22.8. The van der Waals surface area contributed by atoms with E-state index in [0.717, 1.165) is 49.9 Å². The Balaban J connectivity index is 1.77. The van der Waals surface area contributed by atoms with Crippen molar-refractivity contribution in [2.45, 2.75) is 521 Å². The summed E-state index contributed by atoms with van der Waals surface area (Å²) in [7, 11) is 0. The third kappa shape index (κ3) is 63.9. The second kappa shape index (κ2) is 72.1. The van der Waals surface area contributed by atoms with E-state index in [4.69, 9.17) is 0 Å². The molecule has 0 amide bonds. The monoisotopic (exact) mass is 1280 g/mol. The minimum Gasteiger partial charge on any atom is -0.481 e. The highest BCUT2D eigenvalue weighted by Crippen LogP contribution is 2.49. The molecule has 0 spiro atoms. The molecule has 1 fully saturated rings. The van der Waals surface area contributed by atoms with Crippen LogP contribution in [0.4, 0.5) is 0 Å². The minimum atomic E-state index is -0.799. The summed E-state index contributed by atoms with van der Waals surface area (Å²) in [5, 5.41) is 31.3. The van der Waals surface area contributed by atoms with E-state index in [1.807, 2.05) is 0 Å². The number of carbonyl (C=O) groups is 1. The first kappa shape index (κ1) is 88.4. The smallest absolute Gasteiger partial charge is 0.309 e. The van der Waals surface area contributed by atoms with Gasteiger partial charge in [0.1, 0.15) is 0 Å². The molecule has 1 aliphatic rings. The maximum atomic E-state index is 12.0.